The van der Waals surface area contributed by atoms with Crippen LogP contribution in [0.3, 0.4) is 0 Å². The number of aromatic nitrogens is 2. The minimum atomic E-state index is -0.409. The maximum atomic E-state index is 13.0. The Morgan fingerprint density at radius 1 is 1.04 bits per heavy atom. The molecule has 6 heteroatoms. The minimum absolute atomic E-state index is 0.188. The van der Waals surface area contributed by atoms with E-state index < -0.39 is 6.10 Å². The molecule has 1 atom stereocenters. The second kappa shape index (κ2) is 8.37. The number of benzene rings is 1. The van der Waals surface area contributed by atoms with Gasteiger partial charge >= 0.3 is 0 Å². The van der Waals surface area contributed by atoms with Crippen LogP contribution in [0.2, 0.25) is 0 Å². The lowest BCUT2D eigenvalue weighted by Crippen LogP contribution is -2.37. The normalized spacial score (nSPS) is 18.4. The minimum Gasteiger partial charge on any atom is -0.390 e. The lowest BCUT2D eigenvalue weighted by atomic mass is 10.2. The van der Waals surface area contributed by atoms with Gasteiger partial charge in [-0.2, -0.15) is 5.10 Å². The number of halogens is 1. The van der Waals surface area contributed by atoms with Crippen molar-refractivity contribution in [3.05, 3.63) is 54.1 Å². The van der Waals surface area contributed by atoms with Crippen LogP contribution in [0.25, 0.3) is 0 Å². The first-order valence-electron chi connectivity index (χ1n) is 8.54. The second-order valence-corrected chi connectivity index (χ2v) is 6.44. The molecule has 0 aliphatic carbocycles. The Hall–Kier alpha value is -1.76. The zero-order valence-electron chi connectivity index (χ0n) is 13.9. The highest BCUT2D eigenvalue weighted by molar-refractivity contribution is 5.15. The van der Waals surface area contributed by atoms with Gasteiger partial charge in [0.25, 0.3) is 0 Å². The Bertz CT molecular complexity index is 602. The molecule has 0 unspecified atom stereocenters. The maximum absolute atomic E-state index is 13.0. The predicted molar refractivity (Wildman–Crippen MR) is 91.0 cm³/mol. The molecule has 130 valence electrons. The van der Waals surface area contributed by atoms with Crippen LogP contribution in [0.1, 0.15) is 12.0 Å². The average Bonchev–Trinajstić information content (AvgIpc) is 2.97. The summed E-state index contributed by atoms with van der Waals surface area (Å²) < 4.78 is 14.8. The van der Waals surface area contributed by atoms with E-state index >= 15 is 0 Å². The van der Waals surface area contributed by atoms with Crippen LogP contribution in [-0.2, 0) is 13.1 Å². The summed E-state index contributed by atoms with van der Waals surface area (Å²) in [6.07, 6.45) is 4.27. The summed E-state index contributed by atoms with van der Waals surface area (Å²) in [7, 11) is 0. The molecule has 2 heterocycles. The van der Waals surface area contributed by atoms with Crippen LogP contribution in [0.5, 0.6) is 0 Å². The molecule has 1 aliphatic rings. The molecule has 1 saturated heterocycles. The Morgan fingerprint density at radius 2 is 1.79 bits per heavy atom. The van der Waals surface area contributed by atoms with E-state index in [9.17, 15) is 9.50 Å². The molecule has 1 aliphatic heterocycles. The third-order valence-corrected chi connectivity index (χ3v) is 4.43. The molecular weight excluding hydrogens is 307 g/mol. The fraction of sp³-hybridized carbons (Fsp3) is 0.500. The molecule has 24 heavy (non-hydrogen) atoms. The third kappa shape index (κ3) is 5.12. The van der Waals surface area contributed by atoms with Gasteiger partial charge in [-0.25, -0.2) is 4.39 Å². The smallest absolute Gasteiger partial charge is 0.123 e. The van der Waals surface area contributed by atoms with Gasteiger partial charge in [0.1, 0.15) is 5.82 Å². The lowest BCUT2D eigenvalue weighted by molar-refractivity contribution is 0.0962. The molecule has 1 fully saturated rings. The van der Waals surface area contributed by atoms with Crippen LogP contribution >= 0.6 is 0 Å². The van der Waals surface area contributed by atoms with Crippen molar-refractivity contribution in [2.45, 2.75) is 25.6 Å². The standard InChI is InChI=1S/C18H25FN4O/c19-17-5-3-16(4-6-17)13-21-8-2-9-22(12-11-21)14-18(24)15-23-10-1-7-20-23/h1,3-7,10,18,24H,2,8-9,11-15H2/t18-/m0/s1. The third-order valence-electron chi connectivity index (χ3n) is 4.43. The van der Waals surface area contributed by atoms with E-state index in [-0.39, 0.29) is 5.82 Å². The van der Waals surface area contributed by atoms with E-state index in [1.54, 1.807) is 10.9 Å². The largest absolute Gasteiger partial charge is 0.390 e. The van der Waals surface area contributed by atoms with Gasteiger partial charge in [0.2, 0.25) is 0 Å². The summed E-state index contributed by atoms with van der Waals surface area (Å²) in [6, 6.07) is 8.61. The Balaban J connectivity index is 1.45. The summed E-state index contributed by atoms with van der Waals surface area (Å²) in [5, 5.41) is 14.4. The van der Waals surface area contributed by atoms with E-state index in [2.05, 4.69) is 14.9 Å². The molecule has 5 nitrogen and oxygen atoms in total. The molecule has 1 N–H and O–H groups in total. The van der Waals surface area contributed by atoms with E-state index in [0.717, 1.165) is 44.7 Å². The van der Waals surface area contributed by atoms with Crippen molar-refractivity contribution < 1.29 is 9.50 Å². The zero-order valence-corrected chi connectivity index (χ0v) is 13.9. The number of rotatable bonds is 6. The SMILES string of the molecule is O[C@@H](CN1CCCN(Cc2ccc(F)cc2)CC1)Cn1cccn1. The van der Waals surface area contributed by atoms with Gasteiger partial charge in [0.15, 0.2) is 0 Å². The molecule has 1 aromatic carbocycles. The first-order valence-corrected chi connectivity index (χ1v) is 8.54. The summed E-state index contributed by atoms with van der Waals surface area (Å²) in [4.78, 5) is 4.71. The Morgan fingerprint density at radius 3 is 2.54 bits per heavy atom. The topological polar surface area (TPSA) is 44.5 Å². The summed E-state index contributed by atoms with van der Waals surface area (Å²) >= 11 is 0. The van der Waals surface area contributed by atoms with Crippen LogP contribution in [0.15, 0.2) is 42.7 Å². The molecule has 1 aromatic heterocycles. The van der Waals surface area contributed by atoms with Gasteiger partial charge in [-0.3, -0.25) is 14.5 Å². The van der Waals surface area contributed by atoms with Crippen molar-refractivity contribution in [3.8, 4) is 0 Å². The predicted octanol–water partition coefficient (Wildman–Crippen LogP) is 1.59. The van der Waals surface area contributed by atoms with E-state index in [0.29, 0.717) is 13.1 Å². The Labute approximate surface area is 142 Å². The molecule has 0 radical (unpaired) electrons. The van der Waals surface area contributed by atoms with Gasteiger partial charge in [0.05, 0.1) is 12.6 Å². The molecule has 0 amide bonds. The number of aliphatic hydroxyl groups excluding tert-OH is 1. The number of aliphatic hydroxyl groups is 1. The summed E-state index contributed by atoms with van der Waals surface area (Å²) in [6.45, 7) is 5.99. The monoisotopic (exact) mass is 332 g/mol. The van der Waals surface area contributed by atoms with Crippen molar-refractivity contribution in [1.29, 1.82) is 0 Å². The number of hydrogen-bond donors (Lipinski definition) is 1. The van der Waals surface area contributed by atoms with Crippen molar-refractivity contribution in [1.82, 2.24) is 19.6 Å². The van der Waals surface area contributed by atoms with E-state index in [4.69, 9.17) is 0 Å². The second-order valence-electron chi connectivity index (χ2n) is 6.44. The quantitative estimate of drug-likeness (QED) is 0.873. The highest BCUT2D eigenvalue weighted by atomic mass is 19.1. The summed E-state index contributed by atoms with van der Waals surface area (Å²) in [5.74, 6) is -0.188. The van der Waals surface area contributed by atoms with Gasteiger partial charge < -0.3 is 5.11 Å². The molecular formula is C18H25FN4O. The van der Waals surface area contributed by atoms with Crippen molar-refractivity contribution in [3.63, 3.8) is 0 Å². The molecule has 2 aromatic rings. The van der Waals surface area contributed by atoms with Crippen molar-refractivity contribution in [2.24, 2.45) is 0 Å². The van der Waals surface area contributed by atoms with Gasteiger partial charge in [-0.05, 0) is 43.3 Å². The van der Waals surface area contributed by atoms with Crippen LogP contribution < -0.4 is 0 Å². The highest BCUT2D eigenvalue weighted by Gasteiger charge is 2.18. The van der Waals surface area contributed by atoms with Crippen molar-refractivity contribution >= 4 is 0 Å². The van der Waals surface area contributed by atoms with Gasteiger partial charge in [-0.15, -0.1) is 0 Å². The lowest BCUT2D eigenvalue weighted by Gasteiger charge is -2.24. The summed E-state index contributed by atoms with van der Waals surface area (Å²) in [5.41, 5.74) is 1.14. The number of hydrogen-bond acceptors (Lipinski definition) is 4. The first-order chi connectivity index (χ1) is 11.7. The number of nitrogens with zero attached hydrogens (tertiary/aromatic N) is 4. The maximum Gasteiger partial charge on any atom is 0.123 e. The molecule has 0 bridgehead atoms. The van der Waals surface area contributed by atoms with Gasteiger partial charge in [-0.1, -0.05) is 12.1 Å². The molecule has 3 rings (SSSR count). The fourth-order valence-electron chi connectivity index (χ4n) is 3.19. The van der Waals surface area contributed by atoms with Gasteiger partial charge in [0, 0.05) is 38.6 Å². The van der Waals surface area contributed by atoms with Crippen LogP contribution in [0.4, 0.5) is 4.39 Å². The van der Waals surface area contributed by atoms with Crippen LogP contribution in [0, 0.1) is 5.82 Å². The number of β-amino-alcohol motifs (C(OH)–C–C–N with tert-alkyl or cyclic N) is 1. The Kier molecular flexibility index (Phi) is 5.96. The average molecular weight is 332 g/mol. The van der Waals surface area contributed by atoms with Crippen LogP contribution in [-0.4, -0.2) is 63.5 Å². The van der Waals surface area contributed by atoms with E-state index in [1.807, 2.05) is 24.4 Å². The molecule has 0 saturated carbocycles. The first kappa shape index (κ1) is 17.1. The fourth-order valence-corrected chi connectivity index (χ4v) is 3.19. The van der Waals surface area contributed by atoms with E-state index in [1.165, 1.54) is 12.1 Å². The molecule has 0 spiro atoms. The van der Waals surface area contributed by atoms with Crippen molar-refractivity contribution in [2.75, 3.05) is 32.7 Å². The zero-order chi connectivity index (χ0) is 16.8. The highest BCUT2D eigenvalue weighted by Crippen LogP contribution is 2.10.